The molecule has 2 N–H and O–H groups in total. The number of hydrogen-bond donors (Lipinski definition) is 3. The van der Waals surface area contributed by atoms with Gasteiger partial charge >= 0.3 is 5.97 Å². The van der Waals surface area contributed by atoms with Crippen LogP contribution in [-0.2, 0) is 4.79 Å². The monoisotopic (exact) mass is 209 g/mol. The van der Waals surface area contributed by atoms with E-state index in [1.165, 1.54) is 0 Å². The quantitative estimate of drug-likeness (QED) is 0.365. The van der Waals surface area contributed by atoms with Crippen LogP contribution in [0.1, 0.15) is 0 Å². The molecule has 0 bridgehead atoms. The van der Waals surface area contributed by atoms with Crippen molar-refractivity contribution in [1.29, 1.82) is 5.41 Å². The number of carbonyl (C=O) groups is 1. The number of halogens is 1. The SMILES string of the molecule is N=C/C(C(=O)O)=C(\S)Br. The summed E-state index contributed by atoms with van der Waals surface area (Å²) in [5.74, 6) is -1.16. The highest BCUT2D eigenvalue weighted by Gasteiger charge is 2.05. The molecule has 0 atom stereocenters. The largest absolute Gasteiger partial charge is 0.478 e. The second kappa shape index (κ2) is 3.68. The Hall–Kier alpha value is -0.290. The van der Waals surface area contributed by atoms with Gasteiger partial charge in [0.1, 0.15) is 0 Å². The first-order chi connectivity index (χ1) is 4.09. The summed E-state index contributed by atoms with van der Waals surface area (Å²) < 4.78 is 0.157. The van der Waals surface area contributed by atoms with Gasteiger partial charge in [0.25, 0.3) is 0 Å². The average Bonchev–Trinajstić information content (AvgIpc) is 1.64. The van der Waals surface area contributed by atoms with Gasteiger partial charge < -0.3 is 10.5 Å². The van der Waals surface area contributed by atoms with E-state index in [0.717, 1.165) is 6.21 Å². The van der Waals surface area contributed by atoms with E-state index in [4.69, 9.17) is 10.5 Å². The fourth-order valence-electron chi connectivity index (χ4n) is 0.210. The molecular formula is C4H4BrNO2S. The number of thiol groups is 1. The lowest BCUT2D eigenvalue weighted by Gasteiger charge is -1.90. The second-order valence-corrected chi connectivity index (χ2v) is 3.01. The molecule has 0 aromatic heterocycles. The zero-order chi connectivity index (χ0) is 7.44. The van der Waals surface area contributed by atoms with Crippen molar-refractivity contribution in [3.63, 3.8) is 0 Å². The Kier molecular flexibility index (Phi) is 3.56. The zero-order valence-electron chi connectivity index (χ0n) is 4.26. The van der Waals surface area contributed by atoms with Crippen molar-refractivity contribution < 1.29 is 9.90 Å². The smallest absolute Gasteiger partial charge is 0.338 e. The van der Waals surface area contributed by atoms with Crippen molar-refractivity contribution in [1.82, 2.24) is 0 Å². The molecule has 0 aliphatic rings. The Morgan fingerprint density at radius 3 is 2.22 bits per heavy atom. The number of carboxylic acid groups (broad SMARTS) is 1. The van der Waals surface area contributed by atoms with Gasteiger partial charge in [-0.2, -0.15) is 0 Å². The average molecular weight is 210 g/mol. The molecule has 0 unspecified atom stereocenters. The molecule has 0 saturated carbocycles. The number of nitrogens with one attached hydrogen (secondary N) is 1. The summed E-state index contributed by atoms with van der Waals surface area (Å²) >= 11 is 6.49. The van der Waals surface area contributed by atoms with Gasteiger partial charge in [-0.05, 0) is 15.9 Å². The second-order valence-electron chi connectivity index (χ2n) is 1.15. The third kappa shape index (κ3) is 2.67. The van der Waals surface area contributed by atoms with E-state index >= 15 is 0 Å². The predicted molar refractivity (Wildman–Crippen MR) is 41.4 cm³/mol. The summed E-state index contributed by atoms with van der Waals surface area (Å²) in [5, 5.41) is 14.8. The van der Waals surface area contributed by atoms with Crippen molar-refractivity contribution in [2.24, 2.45) is 0 Å². The van der Waals surface area contributed by atoms with Crippen molar-refractivity contribution in [2.75, 3.05) is 0 Å². The molecule has 50 valence electrons. The summed E-state index contributed by atoms with van der Waals surface area (Å²) in [5.41, 5.74) is -0.154. The van der Waals surface area contributed by atoms with Gasteiger partial charge in [-0.3, -0.25) is 0 Å². The van der Waals surface area contributed by atoms with Gasteiger partial charge in [0, 0.05) is 6.21 Å². The van der Waals surface area contributed by atoms with Gasteiger partial charge in [-0.25, -0.2) is 4.79 Å². The zero-order valence-corrected chi connectivity index (χ0v) is 6.74. The summed E-state index contributed by atoms with van der Waals surface area (Å²) in [6.07, 6.45) is 0.722. The minimum absolute atomic E-state index is 0.154. The molecule has 3 nitrogen and oxygen atoms in total. The lowest BCUT2D eigenvalue weighted by atomic mass is 10.3. The third-order valence-electron chi connectivity index (χ3n) is 0.597. The van der Waals surface area contributed by atoms with Gasteiger partial charge in [0.05, 0.1) is 9.39 Å². The lowest BCUT2D eigenvalue weighted by molar-refractivity contribution is -0.132. The van der Waals surface area contributed by atoms with Gasteiger partial charge in [0.15, 0.2) is 0 Å². The van der Waals surface area contributed by atoms with E-state index in [9.17, 15) is 4.79 Å². The normalized spacial score (nSPS) is 12.2. The molecule has 9 heavy (non-hydrogen) atoms. The number of aliphatic carboxylic acids is 1. The first-order valence-corrected chi connectivity index (χ1v) is 3.16. The standard InChI is InChI=1S/C4H4BrNO2S/c5-3(9)2(1-6)4(7)8/h1,6,9H,(H,7,8)/b3-2+,6-1?. The Balaban J connectivity index is 4.55. The maximum Gasteiger partial charge on any atom is 0.338 e. The Labute approximate surface area is 65.8 Å². The van der Waals surface area contributed by atoms with Gasteiger partial charge in [-0.15, -0.1) is 12.6 Å². The van der Waals surface area contributed by atoms with Crippen molar-refractivity contribution >= 4 is 40.7 Å². The van der Waals surface area contributed by atoms with Crippen molar-refractivity contribution in [2.45, 2.75) is 0 Å². The van der Waals surface area contributed by atoms with Gasteiger partial charge in [-0.1, -0.05) is 0 Å². The molecule has 0 rings (SSSR count). The molecule has 0 heterocycles. The van der Waals surface area contributed by atoms with Gasteiger partial charge in [0.2, 0.25) is 0 Å². The number of rotatable bonds is 2. The highest BCUT2D eigenvalue weighted by molar-refractivity contribution is 9.13. The molecule has 0 aromatic carbocycles. The molecule has 0 aromatic rings. The minimum Gasteiger partial charge on any atom is -0.478 e. The van der Waals surface area contributed by atoms with Crippen LogP contribution in [0.3, 0.4) is 0 Å². The topological polar surface area (TPSA) is 61.2 Å². The molecule has 0 aliphatic carbocycles. The highest BCUT2D eigenvalue weighted by Crippen LogP contribution is 2.14. The van der Waals surface area contributed by atoms with E-state index in [0.29, 0.717) is 0 Å². The van der Waals surface area contributed by atoms with Crippen LogP contribution in [-0.4, -0.2) is 17.3 Å². The fraction of sp³-hybridized carbons (Fsp3) is 0. The molecule has 0 fully saturated rings. The Bertz CT molecular complexity index is 173. The molecule has 0 aliphatic heterocycles. The van der Waals surface area contributed by atoms with Crippen LogP contribution < -0.4 is 0 Å². The summed E-state index contributed by atoms with van der Waals surface area (Å²) in [4.78, 5) is 10.1. The minimum atomic E-state index is -1.16. The number of carboxylic acids is 1. The van der Waals surface area contributed by atoms with E-state index < -0.39 is 5.97 Å². The van der Waals surface area contributed by atoms with Crippen LogP contribution in [0.5, 0.6) is 0 Å². The fourth-order valence-corrected chi connectivity index (χ4v) is 0.654. The summed E-state index contributed by atoms with van der Waals surface area (Å²) in [6.45, 7) is 0. The van der Waals surface area contributed by atoms with Crippen LogP contribution in [0.15, 0.2) is 9.39 Å². The van der Waals surface area contributed by atoms with Crippen LogP contribution in [0, 0.1) is 5.41 Å². The summed E-state index contributed by atoms with van der Waals surface area (Å²) in [6, 6.07) is 0. The Morgan fingerprint density at radius 2 is 2.22 bits per heavy atom. The van der Waals surface area contributed by atoms with E-state index in [1.54, 1.807) is 0 Å². The van der Waals surface area contributed by atoms with Crippen LogP contribution in [0.25, 0.3) is 0 Å². The molecule has 0 amide bonds. The Morgan fingerprint density at radius 1 is 1.78 bits per heavy atom. The van der Waals surface area contributed by atoms with Crippen molar-refractivity contribution in [3.05, 3.63) is 9.39 Å². The first-order valence-electron chi connectivity index (χ1n) is 1.92. The highest BCUT2D eigenvalue weighted by atomic mass is 79.9. The maximum atomic E-state index is 10.1. The van der Waals surface area contributed by atoms with Crippen LogP contribution in [0.2, 0.25) is 0 Å². The van der Waals surface area contributed by atoms with Crippen LogP contribution >= 0.6 is 28.6 Å². The number of hydrogen-bond acceptors (Lipinski definition) is 3. The molecule has 0 saturated heterocycles. The third-order valence-corrected chi connectivity index (χ3v) is 1.27. The molecule has 5 heteroatoms. The maximum absolute atomic E-state index is 10.1. The summed E-state index contributed by atoms with van der Waals surface area (Å²) in [7, 11) is 0. The predicted octanol–water partition coefficient (Wildman–Crippen LogP) is 1.26. The first kappa shape index (κ1) is 8.71. The molecule has 0 radical (unpaired) electrons. The van der Waals surface area contributed by atoms with Crippen molar-refractivity contribution in [3.8, 4) is 0 Å². The van der Waals surface area contributed by atoms with E-state index in [1.807, 2.05) is 0 Å². The molecular weight excluding hydrogens is 206 g/mol. The van der Waals surface area contributed by atoms with E-state index in [-0.39, 0.29) is 9.39 Å². The molecule has 0 spiro atoms. The lowest BCUT2D eigenvalue weighted by Crippen LogP contribution is -2.01. The van der Waals surface area contributed by atoms with E-state index in [2.05, 4.69) is 28.6 Å². The van der Waals surface area contributed by atoms with Crippen LogP contribution in [0.4, 0.5) is 0 Å².